The Balaban J connectivity index is 1.70. The molecule has 1 aromatic carbocycles. The van der Waals surface area contributed by atoms with Crippen molar-refractivity contribution in [2.75, 3.05) is 13.1 Å². The van der Waals surface area contributed by atoms with Crippen molar-refractivity contribution < 1.29 is 4.42 Å². The molecule has 2 aliphatic heterocycles. The Morgan fingerprint density at radius 2 is 2.00 bits per heavy atom. The lowest BCUT2D eigenvalue weighted by atomic mass is 9.96. The monoisotopic (exact) mass is 329 g/mol. The van der Waals surface area contributed by atoms with Gasteiger partial charge in [-0.05, 0) is 36.2 Å². The molecule has 3 aliphatic rings. The normalized spacial score (nSPS) is 16.6. The molecular formula is C21H19N3O. The molecule has 4 heteroatoms. The van der Waals surface area contributed by atoms with Gasteiger partial charge in [0.1, 0.15) is 5.76 Å². The number of aromatic nitrogens is 2. The number of hydrogen-bond donors (Lipinski definition) is 1. The fraction of sp³-hybridized carbons (Fsp3) is 0.190. The second kappa shape index (κ2) is 5.90. The Morgan fingerprint density at radius 3 is 2.92 bits per heavy atom. The zero-order valence-electron chi connectivity index (χ0n) is 13.9. The van der Waals surface area contributed by atoms with E-state index in [4.69, 9.17) is 9.52 Å². The first-order valence-electron chi connectivity index (χ1n) is 8.70. The standard InChI is InChI=1S/C21H19N3O/c1-4-12-24(13-5-1)21(16-10-11-19-15(16)8-6-14-25-19)20-17-7-2-3-9-18(17)22-23-20/h1-4,6-11,14,21H,5,12-13H2,(H,22,23). The van der Waals surface area contributed by atoms with Crippen molar-refractivity contribution in [3.8, 4) is 11.3 Å². The van der Waals surface area contributed by atoms with Crippen LogP contribution in [0.15, 0.2) is 71.4 Å². The van der Waals surface area contributed by atoms with Gasteiger partial charge in [-0.2, -0.15) is 5.10 Å². The molecule has 0 saturated carbocycles. The summed E-state index contributed by atoms with van der Waals surface area (Å²) in [5, 5.41) is 9.10. The summed E-state index contributed by atoms with van der Waals surface area (Å²) < 4.78 is 5.67. The highest BCUT2D eigenvalue weighted by molar-refractivity contribution is 5.82. The molecular weight excluding hydrogens is 310 g/mol. The Labute approximate surface area is 146 Å². The summed E-state index contributed by atoms with van der Waals surface area (Å²) >= 11 is 0. The maximum Gasteiger partial charge on any atom is 0.134 e. The Hall–Kier alpha value is -2.85. The second-order valence-electron chi connectivity index (χ2n) is 6.49. The molecule has 0 bridgehead atoms. The number of nitrogens with one attached hydrogen (secondary N) is 1. The van der Waals surface area contributed by atoms with Crippen LogP contribution in [-0.2, 0) is 0 Å². The minimum atomic E-state index is 0.108. The van der Waals surface area contributed by atoms with E-state index in [9.17, 15) is 0 Å². The van der Waals surface area contributed by atoms with Crippen molar-refractivity contribution in [3.05, 3.63) is 78.2 Å². The van der Waals surface area contributed by atoms with E-state index < -0.39 is 0 Å². The van der Waals surface area contributed by atoms with Crippen LogP contribution >= 0.6 is 0 Å². The van der Waals surface area contributed by atoms with Crippen LogP contribution in [0.5, 0.6) is 0 Å². The van der Waals surface area contributed by atoms with Crippen LogP contribution in [-0.4, -0.2) is 28.2 Å². The molecule has 5 rings (SSSR count). The second-order valence-corrected chi connectivity index (χ2v) is 6.49. The van der Waals surface area contributed by atoms with Gasteiger partial charge in [0.05, 0.1) is 23.5 Å². The first-order chi connectivity index (χ1) is 12.4. The lowest BCUT2D eigenvalue weighted by molar-refractivity contribution is 0.244. The van der Waals surface area contributed by atoms with Crippen LogP contribution in [0.1, 0.15) is 23.7 Å². The number of benzene rings is 1. The first kappa shape index (κ1) is 14.5. The number of para-hydroxylation sites is 1. The maximum atomic E-state index is 5.67. The number of rotatable bonds is 3. The van der Waals surface area contributed by atoms with E-state index in [0.29, 0.717) is 0 Å². The highest BCUT2D eigenvalue weighted by Crippen LogP contribution is 2.40. The Morgan fingerprint density at radius 1 is 1.04 bits per heavy atom. The summed E-state index contributed by atoms with van der Waals surface area (Å²) in [6.07, 6.45) is 7.31. The van der Waals surface area contributed by atoms with Crippen molar-refractivity contribution >= 4 is 10.9 Å². The van der Waals surface area contributed by atoms with Gasteiger partial charge in [-0.25, -0.2) is 0 Å². The van der Waals surface area contributed by atoms with Crippen molar-refractivity contribution in [2.45, 2.75) is 12.5 Å². The zero-order valence-corrected chi connectivity index (χ0v) is 13.9. The van der Waals surface area contributed by atoms with Gasteiger partial charge in [0, 0.05) is 24.0 Å². The predicted molar refractivity (Wildman–Crippen MR) is 98.6 cm³/mol. The molecule has 4 nitrogen and oxygen atoms in total. The van der Waals surface area contributed by atoms with Crippen molar-refractivity contribution in [2.24, 2.45) is 0 Å². The summed E-state index contributed by atoms with van der Waals surface area (Å²) in [5.41, 5.74) is 4.58. The van der Waals surface area contributed by atoms with Gasteiger partial charge < -0.3 is 4.42 Å². The molecule has 25 heavy (non-hydrogen) atoms. The smallest absolute Gasteiger partial charge is 0.134 e. The van der Waals surface area contributed by atoms with Crippen molar-refractivity contribution in [1.29, 1.82) is 0 Å². The van der Waals surface area contributed by atoms with Crippen LogP contribution in [0.25, 0.3) is 22.2 Å². The SMILES string of the molecule is C1=CCN(C(c2ccc3occcc2-3)c2n[nH]c3ccccc23)CC1. The van der Waals surface area contributed by atoms with E-state index in [1.165, 1.54) is 10.9 Å². The Kier molecular flexibility index (Phi) is 3.42. The molecule has 124 valence electrons. The predicted octanol–water partition coefficient (Wildman–Crippen LogP) is 4.61. The largest absolute Gasteiger partial charge is 0.464 e. The molecule has 0 spiro atoms. The number of aromatic amines is 1. The highest BCUT2D eigenvalue weighted by Gasteiger charge is 2.30. The number of nitrogens with zero attached hydrogens (tertiary/aromatic N) is 2. The molecule has 0 amide bonds. The fourth-order valence-electron chi connectivity index (χ4n) is 3.86. The third kappa shape index (κ3) is 2.37. The van der Waals surface area contributed by atoms with E-state index >= 15 is 0 Å². The number of fused-ring (bicyclic) bond motifs is 2. The van der Waals surface area contributed by atoms with Crippen LogP contribution in [0.3, 0.4) is 0 Å². The third-order valence-corrected chi connectivity index (χ3v) is 5.04. The average molecular weight is 329 g/mol. The number of hydrogen-bond acceptors (Lipinski definition) is 3. The van der Waals surface area contributed by atoms with Crippen LogP contribution < -0.4 is 0 Å². The van der Waals surface area contributed by atoms with Gasteiger partial charge in [0.15, 0.2) is 0 Å². The molecule has 0 saturated heterocycles. The summed E-state index contributed by atoms with van der Waals surface area (Å²) in [6.45, 7) is 1.96. The van der Waals surface area contributed by atoms with Crippen LogP contribution in [0.2, 0.25) is 0 Å². The topological polar surface area (TPSA) is 45.1 Å². The average Bonchev–Trinajstić information content (AvgIpc) is 3.29. The summed E-state index contributed by atoms with van der Waals surface area (Å²) in [5.74, 6) is 0.926. The van der Waals surface area contributed by atoms with Gasteiger partial charge >= 0.3 is 0 Å². The molecule has 0 radical (unpaired) electrons. The van der Waals surface area contributed by atoms with Gasteiger partial charge in [0.2, 0.25) is 0 Å². The molecule has 0 fully saturated rings. The van der Waals surface area contributed by atoms with Crippen LogP contribution in [0.4, 0.5) is 0 Å². The summed E-state index contributed by atoms with van der Waals surface area (Å²) in [4.78, 5) is 2.49. The van der Waals surface area contributed by atoms with E-state index in [2.05, 4.69) is 58.5 Å². The van der Waals surface area contributed by atoms with E-state index in [1.807, 2.05) is 12.1 Å². The zero-order chi connectivity index (χ0) is 16.6. The molecule has 1 N–H and O–H groups in total. The van der Waals surface area contributed by atoms with Crippen molar-refractivity contribution in [1.82, 2.24) is 15.1 Å². The summed E-state index contributed by atoms with van der Waals surface area (Å²) in [6, 6.07) is 16.8. The fourth-order valence-corrected chi connectivity index (χ4v) is 3.86. The van der Waals surface area contributed by atoms with Gasteiger partial charge in [-0.1, -0.05) is 36.4 Å². The molecule has 1 aromatic heterocycles. The third-order valence-electron chi connectivity index (χ3n) is 5.04. The first-order valence-corrected chi connectivity index (χ1v) is 8.70. The van der Waals surface area contributed by atoms with Crippen molar-refractivity contribution in [3.63, 3.8) is 0 Å². The van der Waals surface area contributed by atoms with Gasteiger partial charge in [0.25, 0.3) is 0 Å². The summed E-state index contributed by atoms with van der Waals surface area (Å²) in [7, 11) is 0. The lowest BCUT2D eigenvalue weighted by Gasteiger charge is -2.32. The molecule has 1 aliphatic carbocycles. The Bertz CT molecular complexity index is 1010. The molecule has 3 heterocycles. The van der Waals surface area contributed by atoms with E-state index in [0.717, 1.165) is 42.0 Å². The maximum absolute atomic E-state index is 5.67. The van der Waals surface area contributed by atoms with E-state index in [1.54, 1.807) is 6.26 Å². The minimum Gasteiger partial charge on any atom is -0.464 e. The number of H-pyrrole nitrogens is 1. The molecule has 1 atom stereocenters. The highest BCUT2D eigenvalue weighted by atomic mass is 16.3. The molecule has 1 unspecified atom stereocenters. The lowest BCUT2D eigenvalue weighted by Crippen LogP contribution is -2.33. The van der Waals surface area contributed by atoms with E-state index in [-0.39, 0.29) is 6.04 Å². The quantitative estimate of drug-likeness (QED) is 0.558. The van der Waals surface area contributed by atoms with Gasteiger partial charge in [-0.3, -0.25) is 10.00 Å². The minimum absolute atomic E-state index is 0.108. The van der Waals surface area contributed by atoms with Crippen LogP contribution in [0, 0.1) is 0 Å². The molecule has 2 aromatic rings. The van der Waals surface area contributed by atoms with Gasteiger partial charge in [-0.15, -0.1) is 0 Å².